The number of hydrogen-bond acceptors (Lipinski definition) is 4. The van der Waals surface area contributed by atoms with E-state index in [9.17, 15) is 0 Å². The summed E-state index contributed by atoms with van der Waals surface area (Å²) >= 11 is 0. The van der Waals surface area contributed by atoms with Crippen molar-refractivity contribution >= 4 is 35.6 Å². The molecule has 7 nitrogen and oxygen atoms in total. The largest absolute Gasteiger partial charge is 0.356 e. The van der Waals surface area contributed by atoms with Crippen LogP contribution in [0.1, 0.15) is 39.4 Å². The molecule has 1 atom stereocenters. The molecule has 152 valence electrons. The molecular weight excluding hydrogens is 453 g/mol. The van der Waals surface area contributed by atoms with E-state index in [2.05, 4.69) is 51.5 Å². The Morgan fingerprint density at radius 1 is 1.26 bits per heavy atom. The van der Waals surface area contributed by atoms with Crippen LogP contribution in [-0.4, -0.2) is 64.7 Å². The SMILES string of the molecule is CCN(CC)CCCC(C)NC(=NC)NCCc1nnc2ccccn12.I. The van der Waals surface area contributed by atoms with E-state index < -0.39 is 0 Å². The van der Waals surface area contributed by atoms with Crippen molar-refractivity contribution in [1.29, 1.82) is 0 Å². The molecular formula is C19H34IN7. The molecule has 8 heteroatoms. The van der Waals surface area contributed by atoms with Crippen molar-refractivity contribution in [3.05, 3.63) is 30.2 Å². The smallest absolute Gasteiger partial charge is 0.191 e. The van der Waals surface area contributed by atoms with Crippen LogP contribution in [0.3, 0.4) is 0 Å². The van der Waals surface area contributed by atoms with Crippen LogP contribution >= 0.6 is 24.0 Å². The fourth-order valence-corrected chi connectivity index (χ4v) is 3.02. The number of aromatic nitrogens is 3. The molecule has 0 aromatic carbocycles. The third-order valence-corrected chi connectivity index (χ3v) is 4.64. The summed E-state index contributed by atoms with van der Waals surface area (Å²) in [6.07, 6.45) is 5.11. The van der Waals surface area contributed by atoms with Crippen molar-refractivity contribution in [2.24, 2.45) is 4.99 Å². The lowest BCUT2D eigenvalue weighted by molar-refractivity contribution is 0.292. The summed E-state index contributed by atoms with van der Waals surface area (Å²) in [6, 6.07) is 6.32. The van der Waals surface area contributed by atoms with Crippen molar-refractivity contribution in [3.8, 4) is 0 Å². The molecule has 2 aromatic rings. The summed E-state index contributed by atoms with van der Waals surface area (Å²) in [7, 11) is 1.81. The van der Waals surface area contributed by atoms with Gasteiger partial charge in [-0.2, -0.15) is 0 Å². The third kappa shape index (κ3) is 7.61. The minimum Gasteiger partial charge on any atom is -0.356 e. The number of halogens is 1. The highest BCUT2D eigenvalue weighted by atomic mass is 127. The van der Waals surface area contributed by atoms with Crippen LogP contribution in [-0.2, 0) is 6.42 Å². The Morgan fingerprint density at radius 3 is 2.74 bits per heavy atom. The second kappa shape index (κ2) is 12.9. The molecule has 0 amide bonds. The van der Waals surface area contributed by atoms with Gasteiger partial charge in [0.1, 0.15) is 5.82 Å². The van der Waals surface area contributed by atoms with Crippen molar-refractivity contribution < 1.29 is 0 Å². The molecule has 0 radical (unpaired) electrons. The lowest BCUT2D eigenvalue weighted by Crippen LogP contribution is -2.43. The Kier molecular flexibility index (Phi) is 11.3. The first-order chi connectivity index (χ1) is 12.7. The molecule has 2 rings (SSSR count). The standard InChI is InChI=1S/C19H33N7.HI/c1-5-25(6-2)14-9-10-16(3)22-19(20-4)21-13-12-18-24-23-17-11-7-8-15-26(17)18;/h7-8,11,15-16H,5-6,9-10,12-14H2,1-4H3,(H2,20,21,22);1H. The van der Waals surface area contributed by atoms with Gasteiger partial charge in [-0.3, -0.25) is 9.39 Å². The van der Waals surface area contributed by atoms with Crippen molar-refractivity contribution in [2.45, 2.75) is 46.1 Å². The zero-order valence-corrected chi connectivity index (χ0v) is 19.3. The van der Waals surface area contributed by atoms with Gasteiger partial charge >= 0.3 is 0 Å². The van der Waals surface area contributed by atoms with E-state index >= 15 is 0 Å². The quantitative estimate of drug-likeness (QED) is 0.306. The zero-order valence-electron chi connectivity index (χ0n) is 17.0. The van der Waals surface area contributed by atoms with Crippen molar-refractivity contribution in [2.75, 3.05) is 33.2 Å². The maximum absolute atomic E-state index is 4.33. The molecule has 0 aliphatic carbocycles. The number of fused-ring (bicyclic) bond motifs is 1. The van der Waals surface area contributed by atoms with Gasteiger partial charge in [-0.15, -0.1) is 34.2 Å². The van der Waals surface area contributed by atoms with E-state index in [0.29, 0.717) is 6.04 Å². The highest BCUT2D eigenvalue weighted by Gasteiger charge is 2.08. The monoisotopic (exact) mass is 487 g/mol. The minimum atomic E-state index is 0. The molecule has 1 unspecified atom stereocenters. The molecule has 0 bridgehead atoms. The second-order valence-electron chi connectivity index (χ2n) is 6.51. The van der Waals surface area contributed by atoms with Crippen molar-refractivity contribution in [3.63, 3.8) is 0 Å². The van der Waals surface area contributed by atoms with Gasteiger partial charge in [0.25, 0.3) is 0 Å². The lowest BCUT2D eigenvalue weighted by Gasteiger charge is -2.21. The van der Waals surface area contributed by atoms with Crippen molar-refractivity contribution in [1.82, 2.24) is 30.1 Å². The Balaban J connectivity index is 0.00000364. The number of hydrogen-bond donors (Lipinski definition) is 2. The normalized spacial score (nSPS) is 12.9. The van der Waals surface area contributed by atoms with E-state index in [0.717, 1.165) is 56.5 Å². The second-order valence-corrected chi connectivity index (χ2v) is 6.51. The molecule has 0 aliphatic heterocycles. The molecule has 27 heavy (non-hydrogen) atoms. The predicted molar refractivity (Wildman–Crippen MR) is 123 cm³/mol. The Bertz CT molecular complexity index is 682. The summed E-state index contributed by atoms with van der Waals surface area (Å²) in [6.45, 7) is 10.8. The average Bonchev–Trinajstić information content (AvgIpc) is 3.07. The number of guanidine groups is 1. The fourth-order valence-electron chi connectivity index (χ4n) is 3.02. The van der Waals surface area contributed by atoms with Gasteiger partial charge < -0.3 is 15.5 Å². The first kappa shape index (κ1) is 23.6. The lowest BCUT2D eigenvalue weighted by atomic mass is 10.2. The maximum Gasteiger partial charge on any atom is 0.191 e. The zero-order chi connectivity index (χ0) is 18.8. The maximum atomic E-state index is 4.33. The minimum absolute atomic E-state index is 0. The van der Waals surface area contributed by atoms with Gasteiger partial charge in [0.15, 0.2) is 11.6 Å². The van der Waals surface area contributed by atoms with E-state index in [4.69, 9.17) is 0 Å². The Labute approximate surface area is 180 Å². The van der Waals surface area contributed by atoms with E-state index in [1.165, 1.54) is 6.42 Å². The van der Waals surface area contributed by atoms with Crippen LogP contribution in [0.15, 0.2) is 29.4 Å². The van der Waals surface area contributed by atoms with Crippen LogP contribution in [0.2, 0.25) is 0 Å². The molecule has 0 aliphatic rings. The van der Waals surface area contributed by atoms with Crippen LogP contribution < -0.4 is 10.6 Å². The molecule has 0 saturated carbocycles. The molecule has 2 heterocycles. The number of nitrogens with zero attached hydrogens (tertiary/aromatic N) is 5. The first-order valence-corrected chi connectivity index (χ1v) is 9.66. The molecule has 0 fully saturated rings. The highest BCUT2D eigenvalue weighted by Crippen LogP contribution is 2.03. The summed E-state index contributed by atoms with van der Waals surface area (Å²) in [5, 5.41) is 15.3. The molecule has 2 N–H and O–H groups in total. The van der Waals surface area contributed by atoms with Crippen LogP contribution in [0.5, 0.6) is 0 Å². The van der Waals surface area contributed by atoms with Gasteiger partial charge in [-0.25, -0.2) is 0 Å². The molecule has 0 spiro atoms. The van der Waals surface area contributed by atoms with Gasteiger partial charge in [0.05, 0.1) is 0 Å². The number of pyridine rings is 1. The Morgan fingerprint density at radius 2 is 2.04 bits per heavy atom. The van der Waals surface area contributed by atoms with Crippen LogP contribution in [0.4, 0.5) is 0 Å². The summed E-state index contributed by atoms with van der Waals surface area (Å²) in [5.74, 6) is 1.80. The summed E-state index contributed by atoms with van der Waals surface area (Å²) in [4.78, 5) is 6.79. The third-order valence-electron chi connectivity index (χ3n) is 4.64. The highest BCUT2D eigenvalue weighted by molar-refractivity contribution is 14.0. The number of rotatable bonds is 10. The van der Waals surface area contributed by atoms with Gasteiger partial charge in [0.2, 0.25) is 0 Å². The average molecular weight is 487 g/mol. The summed E-state index contributed by atoms with van der Waals surface area (Å²) in [5.41, 5.74) is 0.881. The molecule has 2 aromatic heterocycles. The summed E-state index contributed by atoms with van der Waals surface area (Å²) < 4.78 is 2.02. The topological polar surface area (TPSA) is 69.8 Å². The molecule has 0 saturated heterocycles. The van der Waals surface area contributed by atoms with Crippen LogP contribution in [0, 0.1) is 0 Å². The number of aliphatic imine (C=N–C) groups is 1. The Hall–Kier alpha value is -1.42. The fraction of sp³-hybridized carbons (Fsp3) is 0.632. The van der Waals surface area contributed by atoms with Gasteiger partial charge in [-0.05, 0) is 51.5 Å². The van der Waals surface area contributed by atoms with E-state index in [-0.39, 0.29) is 24.0 Å². The van der Waals surface area contributed by atoms with Crippen LogP contribution in [0.25, 0.3) is 5.65 Å². The van der Waals surface area contributed by atoms with Gasteiger partial charge in [-0.1, -0.05) is 19.9 Å². The van der Waals surface area contributed by atoms with Gasteiger partial charge in [0, 0.05) is 32.3 Å². The van der Waals surface area contributed by atoms with E-state index in [1.54, 1.807) is 0 Å². The first-order valence-electron chi connectivity index (χ1n) is 9.66. The number of nitrogens with one attached hydrogen (secondary N) is 2. The van der Waals surface area contributed by atoms with E-state index in [1.807, 2.05) is 35.8 Å². The predicted octanol–water partition coefficient (Wildman–Crippen LogP) is 2.57.